The number of hydrogen-bond acceptors (Lipinski definition) is 1. The number of benzene rings is 1. The number of carboxylic acids is 1. The van der Waals surface area contributed by atoms with Gasteiger partial charge < -0.3 is 5.11 Å². The fourth-order valence-electron chi connectivity index (χ4n) is 0.927. The molecule has 1 N–H and O–H groups in total. The van der Waals surface area contributed by atoms with E-state index in [1.807, 2.05) is 0 Å². The van der Waals surface area contributed by atoms with Crippen LogP contribution in [0.3, 0.4) is 0 Å². The van der Waals surface area contributed by atoms with Crippen LogP contribution in [-0.2, 0) is 4.79 Å². The number of hydrogen-bond donors (Lipinski definition) is 1. The zero-order valence-electron chi connectivity index (χ0n) is 7.42. The first kappa shape index (κ1) is 10.4. The number of carboxylic acid groups (broad SMARTS) is 1. The zero-order valence-corrected chi connectivity index (χ0v) is 7.42. The molecule has 0 atom stereocenters. The van der Waals surface area contributed by atoms with E-state index in [-0.39, 0.29) is 11.1 Å². The van der Waals surface area contributed by atoms with Crippen LogP contribution in [0, 0.1) is 11.6 Å². The van der Waals surface area contributed by atoms with Gasteiger partial charge in [0.15, 0.2) is 11.6 Å². The summed E-state index contributed by atoms with van der Waals surface area (Å²) in [6.45, 7) is 1.31. The summed E-state index contributed by atoms with van der Waals surface area (Å²) in [5, 5.41) is 8.52. The molecule has 0 radical (unpaired) electrons. The summed E-state index contributed by atoms with van der Waals surface area (Å²) >= 11 is 0. The van der Waals surface area contributed by atoms with Gasteiger partial charge in [0.2, 0.25) is 0 Å². The minimum absolute atomic E-state index is 0.0468. The van der Waals surface area contributed by atoms with E-state index in [0.717, 1.165) is 12.1 Å². The lowest BCUT2D eigenvalue weighted by molar-refractivity contribution is -0.132. The SMILES string of the molecule is CC(=Cc1cccc(F)c1F)C(=O)O. The third-order valence-electron chi connectivity index (χ3n) is 1.69. The van der Waals surface area contributed by atoms with E-state index in [9.17, 15) is 13.6 Å². The van der Waals surface area contributed by atoms with Gasteiger partial charge in [-0.3, -0.25) is 0 Å². The quantitative estimate of drug-likeness (QED) is 0.741. The zero-order chi connectivity index (χ0) is 10.7. The summed E-state index contributed by atoms with van der Waals surface area (Å²) in [6, 6.07) is 3.60. The molecule has 2 nitrogen and oxygen atoms in total. The first-order chi connectivity index (χ1) is 6.52. The Labute approximate surface area is 79.5 Å². The van der Waals surface area contributed by atoms with E-state index in [2.05, 4.69) is 0 Å². The first-order valence-electron chi connectivity index (χ1n) is 3.88. The van der Waals surface area contributed by atoms with Gasteiger partial charge in [0.25, 0.3) is 0 Å². The standard InChI is InChI=1S/C10H8F2O2/c1-6(10(13)14)5-7-3-2-4-8(11)9(7)12/h2-5H,1H3,(H,13,14). The maximum Gasteiger partial charge on any atom is 0.331 e. The van der Waals surface area contributed by atoms with Crippen molar-refractivity contribution in [3.05, 3.63) is 41.0 Å². The van der Waals surface area contributed by atoms with Crippen LogP contribution < -0.4 is 0 Å². The highest BCUT2D eigenvalue weighted by Gasteiger charge is 2.07. The second-order valence-electron chi connectivity index (χ2n) is 2.78. The average Bonchev–Trinajstić information content (AvgIpc) is 2.12. The van der Waals surface area contributed by atoms with E-state index < -0.39 is 17.6 Å². The molecule has 0 aromatic heterocycles. The minimum Gasteiger partial charge on any atom is -0.478 e. The Hall–Kier alpha value is -1.71. The van der Waals surface area contributed by atoms with Gasteiger partial charge >= 0.3 is 5.97 Å². The van der Waals surface area contributed by atoms with Crippen LogP contribution in [0.2, 0.25) is 0 Å². The van der Waals surface area contributed by atoms with E-state index in [1.54, 1.807) is 0 Å². The number of carbonyl (C=O) groups is 1. The van der Waals surface area contributed by atoms with Gasteiger partial charge in [-0.15, -0.1) is 0 Å². The summed E-state index contributed by atoms with van der Waals surface area (Å²) < 4.78 is 25.7. The molecule has 4 heteroatoms. The van der Waals surface area contributed by atoms with Gasteiger partial charge in [0.05, 0.1) is 0 Å². The smallest absolute Gasteiger partial charge is 0.331 e. The Morgan fingerprint density at radius 2 is 2.07 bits per heavy atom. The summed E-state index contributed by atoms with van der Waals surface area (Å²) in [6.07, 6.45) is 1.08. The number of rotatable bonds is 2. The summed E-state index contributed by atoms with van der Waals surface area (Å²) in [5.74, 6) is -3.18. The molecule has 1 aromatic rings. The third-order valence-corrected chi connectivity index (χ3v) is 1.69. The molecule has 0 aliphatic carbocycles. The van der Waals surface area contributed by atoms with Crippen LogP contribution in [0.5, 0.6) is 0 Å². The van der Waals surface area contributed by atoms with Crippen molar-refractivity contribution in [3.8, 4) is 0 Å². The summed E-state index contributed by atoms with van der Waals surface area (Å²) in [5.41, 5.74) is -0.112. The minimum atomic E-state index is -1.16. The molecule has 0 aliphatic rings. The highest BCUT2D eigenvalue weighted by Crippen LogP contribution is 2.14. The van der Waals surface area contributed by atoms with Crippen LogP contribution in [0.1, 0.15) is 12.5 Å². The number of halogens is 2. The summed E-state index contributed by atoms with van der Waals surface area (Å²) in [7, 11) is 0. The van der Waals surface area contributed by atoms with E-state index in [1.165, 1.54) is 19.1 Å². The lowest BCUT2D eigenvalue weighted by atomic mass is 10.1. The molecule has 0 aliphatic heterocycles. The van der Waals surface area contributed by atoms with Crippen LogP contribution in [0.15, 0.2) is 23.8 Å². The normalized spacial score (nSPS) is 11.5. The Balaban J connectivity index is 3.15. The predicted octanol–water partition coefficient (Wildman–Crippen LogP) is 2.45. The second kappa shape index (κ2) is 4.00. The van der Waals surface area contributed by atoms with Crippen molar-refractivity contribution in [3.63, 3.8) is 0 Å². The van der Waals surface area contributed by atoms with Crippen molar-refractivity contribution in [1.29, 1.82) is 0 Å². The second-order valence-corrected chi connectivity index (χ2v) is 2.78. The van der Waals surface area contributed by atoms with Gasteiger partial charge in [-0.05, 0) is 19.1 Å². The molecule has 14 heavy (non-hydrogen) atoms. The Kier molecular flexibility index (Phi) is 2.96. The molecule has 1 rings (SSSR count). The molecular formula is C10H8F2O2. The van der Waals surface area contributed by atoms with E-state index >= 15 is 0 Å². The molecule has 0 heterocycles. The van der Waals surface area contributed by atoms with Gasteiger partial charge in [-0.2, -0.15) is 0 Å². The molecule has 0 amide bonds. The fourth-order valence-corrected chi connectivity index (χ4v) is 0.927. The molecule has 0 bridgehead atoms. The lowest BCUT2D eigenvalue weighted by Gasteiger charge is -1.98. The predicted molar refractivity (Wildman–Crippen MR) is 47.6 cm³/mol. The average molecular weight is 198 g/mol. The highest BCUT2D eigenvalue weighted by molar-refractivity contribution is 5.91. The van der Waals surface area contributed by atoms with Gasteiger partial charge in [0, 0.05) is 11.1 Å². The molecule has 0 saturated heterocycles. The Morgan fingerprint density at radius 1 is 1.43 bits per heavy atom. The van der Waals surface area contributed by atoms with E-state index in [4.69, 9.17) is 5.11 Å². The highest BCUT2D eigenvalue weighted by atomic mass is 19.2. The van der Waals surface area contributed by atoms with Crippen molar-refractivity contribution in [1.82, 2.24) is 0 Å². The molecular weight excluding hydrogens is 190 g/mol. The molecule has 0 unspecified atom stereocenters. The Bertz CT molecular complexity index is 397. The van der Waals surface area contributed by atoms with Crippen molar-refractivity contribution < 1.29 is 18.7 Å². The van der Waals surface area contributed by atoms with E-state index in [0.29, 0.717) is 0 Å². The van der Waals surface area contributed by atoms with Crippen molar-refractivity contribution in [2.24, 2.45) is 0 Å². The Morgan fingerprint density at radius 3 is 2.64 bits per heavy atom. The monoisotopic (exact) mass is 198 g/mol. The maximum absolute atomic E-state index is 13.0. The summed E-state index contributed by atoms with van der Waals surface area (Å²) in [4.78, 5) is 10.4. The third kappa shape index (κ3) is 2.16. The topological polar surface area (TPSA) is 37.3 Å². The van der Waals surface area contributed by atoms with Crippen LogP contribution >= 0.6 is 0 Å². The molecule has 0 spiro atoms. The largest absolute Gasteiger partial charge is 0.478 e. The van der Waals surface area contributed by atoms with Crippen LogP contribution in [0.25, 0.3) is 6.08 Å². The van der Waals surface area contributed by atoms with Crippen molar-refractivity contribution in [2.45, 2.75) is 6.92 Å². The molecule has 1 aromatic carbocycles. The van der Waals surface area contributed by atoms with Crippen molar-refractivity contribution >= 4 is 12.0 Å². The maximum atomic E-state index is 13.0. The van der Waals surface area contributed by atoms with Gasteiger partial charge in [-0.1, -0.05) is 12.1 Å². The van der Waals surface area contributed by atoms with Gasteiger partial charge in [-0.25, -0.2) is 13.6 Å². The van der Waals surface area contributed by atoms with Crippen molar-refractivity contribution in [2.75, 3.05) is 0 Å². The molecule has 74 valence electrons. The number of aliphatic carboxylic acids is 1. The fraction of sp³-hybridized carbons (Fsp3) is 0.100. The van der Waals surface area contributed by atoms with Gasteiger partial charge in [0.1, 0.15) is 0 Å². The van der Waals surface area contributed by atoms with Crippen LogP contribution in [0.4, 0.5) is 8.78 Å². The molecule has 0 fully saturated rings. The lowest BCUT2D eigenvalue weighted by Crippen LogP contribution is -1.97. The van der Waals surface area contributed by atoms with Crippen LogP contribution in [-0.4, -0.2) is 11.1 Å². The molecule has 0 saturated carbocycles. The first-order valence-corrected chi connectivity index (χ1v) is 3.88.